The van der Waals surface area contributed by atoms with Crippen molar-refractivity contribution in [3.8, 4) is 0 Å². The topological polar surface area (TPSA) is 55.6 Å². The molecule has 1 aliphatic rings. The largest absolute Gasteiger partial charge is 0.468 e. The smallest absolute Gasteiger partial charge is 0.325 e. The van der Waals surface area contributed by atoms with Gasteiger partial charge in [0.05, 0.1) is 12.8 Å². The third-order valence-corrected chi connectivity index (χ3v) is 3.44. The molecule has 1 saturated heterocycles. The zero-order valence-electron chi connectivity index (χ0n) is 10.4. The van der Waals surface area contributed by atoms with Gasteiger partial charge >= 0.3 is 5.97 Å². The number of piperidine rings is 1. The lowest BCUT2D eigenvalue weighted by atomic mass is 9.88. The van der Waals surface area contributed by atoms with Crippen LogP contribution < -0.4 is 10.6 Å². The van der Waals surface area contributed by atoms with Crippen LogP contribution in [0.15, 0.2) is 24.3 Å². The minimum atomic E-state index is -0.934. The molecule has 2 rings (SSSR count). The third kappa shape index (κ3) is 2.31. The van der Waals surface area contributed by atoms with Crippen molar-refractivity contribution in [2.75, 3.05) is 25.1 Å². The number of anilines is 1. The molecule has 1 fully saturated rings. The van der Waals surface area contributed by atoms with Crippen molar-refractivity contribution in [3.05, 3.63) is 30.1 Å². The second-order valence-corrected chi connectivity index (χ2v) is 4.59. The van der Waals surface area contributed by atoms with E-state index in [1.54, 1.807) is 18.2 Å². The van der Waals surface area contributed by atoms with E-state index in [9.17, 15) is 9.18 Å². The minimum Gasteiger partial charge on any atom is -0.468 e. The van der Waals surface area contributed by atoms with E-state index in [4.69, 9.17) is 10.5 Å². The average Bonchev–Trinajstić information content (AvgIpc) is 2.39. The quantitative estimate of drug-likeness (QED) is 0.806. The van der Waals surface area contributed by atoms with Crippen LogP contribution >= 0.6 is 0 Å². The Bertz CT molecular complexity index is 442. The fraction of sp³-hybridized carbons (Fsp3) is 0.462. The molecule has 0 saturated carbocycles. The second-order valence-electron chi connectivity index (χ2n) is 4.59. The van der Waals surface area contributed by atoms with E-state index in [1.165, 1.54) is 13.2 Å². The average molecular weight is 252 g/mol. The van der Waals surface area contributed by atoms with Gasteiger partial charge in [0, 0.05) is 13.1 Å². The van der Waals surface area contributed by atoms with Crippen LogP contribution in [-0.2, 0) is 9.53 Å². The van der Waals surface area contributed by atoms with Gasteiger partial charge in [-0.3, -0.25) is 4.79 Å². The first-order chi connectivity index (χ1) is 8.57. The zero-order valence-corrected chi connectivity index (χ0v) is 10.4. The van der Waals surface area contributed by atoms with E-state index in [0.29, 0.717) is 31.6 Å². The van der Waals surface area contributed by atoms with Crippen LogP contribution in [0.2, 0.25) is 0 Å². The van der Waals surface area contributed by atoms with Crippen molar-refractivity contribution >= 4 is 11.7 Å². The molecule has 1 aromatic carbocycles. The fourth-order valence-electron chi connectivity index (χ4n) is 2.26. The van der Waals surface area contributed by atoms with E-state index in [2.05, 4.69) is 0 Å². The van der Waals surface area contributed by atoms with E-state index < -0.39 is 11.5 Å². The monoisotopic (exact) mass is 252 g/mol. The molecular formula is C13H17FN2O2. The van der Waals surface area contributed by atoms with E-state index in [-0.39, 0.29) is 5.82 Å². The summed E-state index contributed by atoms with van der Waals surface area (Å²) in [6, 6.07) is 6.62. The van der Waals surface area contributed by atoms with Gasteiger partial charge in [-0.15, -0.1) is 0 Å². The van der Waals surface area contributed by atoms with Crippen LogP contribution in [0.25, 0.3) is 0 Å². The Balaban J connectivity index is 2.07. The van der Waals surface area contributed by atoms with Crippen LogP contribution in [0, 0.1) is 5.82 Å². The molecule has 1 heterocycles. The lowest BCUT2D eigenvalue weighted by Crippen LogP contribution is -2.56. The van der Waals surface area contributed by atoms with Crippen molar-refractivity contribution in [2.24, 2.45) is 5.73 Å². The molecule has 2 N–H and O–H groups in total. The number of ether oxygens (including phenoxy) is 1. The summed E-state index contributed by atoms with van der Waals surface area (Å²) < 4.78 is 18.3. The summed E-state index contributed by atoms with van der Waals surface area (Å²) in [6.45, 7) is 1.10. The molecule has 0 bridgehead atoms. The highest BCUT2D eigenvalue weighted by atomic mass is 19.1. The van der Waals surface area contributed by atoms with Crippen molar-refractivity contribution in [3.63, 3.8) is 0 Å². The van der Waals surface area contributed by atoms with Gasteiger partial charge in [0.2, 0.25) is 0 Å². The van der Waals surface area contributed by atoms with Gasteiger partial charge in [-0.1, -0.05) is 12.1 Å². The Morgan fingerprint density at radius 3 is 2.56 bits per heavy atom. The Morgan fingerprint density at radius 1 is 1.39 bits per heavy atom. The summed E-state index contributed by atoms with van der Waals surface area (Å²) in [5.41, 5.74) is 5.62. The predicted octanol–water partition coefficient (Wildman–Crippen LogP) is 1.30. The van der Waals surface area contributed by atoms with E-state index >= 15 is 0 Å². The molecule has 0 aromatic heterocycles. The molecule has 1 aromatic rings. The number of benzene rings is 1. The van der Waals surface area contributed by atoms with Crippen molar-refractivity contribution in [1.29, 1.82) is 0 Å². The lowest BCUT2D eigenvalue weighted by Gasteiger charge is -2.38. The molecule has 0 unspecified atom stereocenters. The summed E-state index contributed by atoms with van der Waals surface area (Å²) >= 11 is 0. The SMILES string of the molecule is COC(=O)C1(N)CCN(c2ccccc2F)CC1. The van der Waals surface area contributed by atoms with Gasteiger partial charge in [-0.25, -0.2) is 4.39 Å². The van der Waals surface area contributed by atoms with Gasteiger partial charge in [-0.05, 0) is 25.0 Å². The van der Waals surface area contributed by atoms with E-state index in [1.807, 2.05) is 4.90 Å². The molecule has 0 atom stereocenters. The normalized spacial score (nSPS) is 18.5. The summed E-state index contributed by atoms with van der Waals surface area (Å²) in [6.07, 6.45) is 0.933. The number of hydrogen-bond acceptors (Lipinski definition) is 4. The number of methoxy groups -OCH3 is 1. The first-order valence-electron chi connectivity index (χ1n) is 5.93. The van der Waals surface area contributed by atoms with Crippen LogP contribution in [0.5, 0.6) is 0 Å². The molecule has 5 heteroatoms. The summed E-state index contributed by atoms with van der Waals surface area (Å²) in [4.78, 5) is 13.5. The van der Waals surface area contributed by atoms with Crippen LogP contribution in [0.4, 0.5) is 10.1 Å². The van der Waals surface area contributed by atoms with Crippen molar-refractivity contribution in [2.45, 2.75) is 18.4 Å². The maximum atomic E-state index is 13.6. The highest BCUT2D eigenvalue weighted by Gasteiger charge is 2.39. The number of carbonyl (C=O) groups is 1. The van der Waals surface area contributed by atoms with Crippen LogP contribution in [0.1, 0.15) is 12.8 Å². The number of nitrogens with zero attached hydrogens (tertiary/aromatic N) is 1. The number of carbonyl (C=O) groups excluding carboxylic acids is 1. The molecule has 1 aliphatic heterocycles. The molecule has 0 radical (unpaired) electrons. The van der Waals surface area contributed by atoms with E-state index in [0.717, 1.165) is 0 Å². The number of hydrogen-bond donors (Lipinski definition) is 1. The highest BCUT2D eigenvalue weighted by molar-refractivity contribution is 5.81. The first kappa shape index (κ1) is 12.8. The Morgan fingerprint density at radius 2 is 2.00 bits per heavy atom. The Labute approximate surface area is 106 Å². The highest BCUT2D eigenvalue weighted by Crippen LogP contribution is 2.27. The second kappa shape index (κ2) is 4.94. The predicted molar refractivity (Wildman–Crippen MR) is 66.8 cm³/mol. The molecular weight excluding hydrogens is 235 g/mol. The number of nitrogens with two attached hydrogens (primary N) is 1. The van der Waals surface area contributed by atoms with Crippen LogP contribution in [0.3, 0.4) is 0 Å². The molecule has 0 amide bonds. The van der Waals surface area contributed by atoms with Gasteiger partial charge in [0.1, 0.15) is 11.4 Å². The standard InChI is InChI=1S/C13H17FN2O2/c1-18-12(17)13(15)6-8-16(9-7-13)11-5-3-2-4-10(11)14/h2-5H,6-9,15H2,1H3. The Kier molecular flexibility index (Phi) is 3.52. The van der Waals surface area contributed by atoms with Crippen molar-refractivity contribution in [1.82, 2.24) is 0 Å². The molecule has 0 spiro atoms. The summed E-state index contributed by atoms with van der Waals surface area (Å²) in [5.74, 6) is -0.643. The summed E-state index contributed by atoms with van der Waals surface area (Å²) in [7, 11) is 1.33. The van der Waals surface area contributed by atoms with Gasteiger partial charge in [-0.2, -0.15) is 0 Å². The minimum absolute atomic E-state index is 0.250. The number of esters is 1. The Hall–Kier alpha value is -1.62. The third-order valence-electron chi connectivity index (χ3n) is 3.44. The summed E-state index contributed by atoms with van der Waals surface area (Å²) in [5, 5.41) is 0. The fourth-order valence-corrected chi connectivity index (χ4v) is 2.26. The molecule has 98 valence electrons. The number of para-hydroxylation sites is 1. The first-order valence-corrected chi connectivity index (χ1v) is 5.93. The molecule has 18 heavy (non-hydrogen) atoms. The maximum Gasteiger partial charge on any atom is 0.325 e. The van der Waals surface area contributed by atoms with Gasteiger partial charge in [0.15, 0.2) is 0 Å². The maximum absolute atomic E-state index is 13.6. The van der Waals surface area contributed by atoms with Gasteiger partial charge < -0.3 is 15.4 Å². The molecule has 4 nitrogen and oxygen atoms in total. The lowest BCUT2D eigenvalue weighted by molar-refractivity contribution is -0.147. The van der Waals surface area contributed by atoms with Crippen molar-refractivity contribution < 1.29 is 13.9 Å². The number of halogens is 1. The zero-order chi connectivity index (χ0) is 13.2. The van der Waals surface area contributed by atoms with Crippen LogP contribution in [-0.4, -0.2) is 31.7 Å². The number of rotatable bonds is 2. The van der Waals surface area contributed by atoms with Gasteiger partial charge in [0.25, 0.3) is 0 Å². The molecule has 0 aliphatic carbocycles.